The number of nitrogen functional groups attached to an aromatic ring is 1. The fourth-order valence-corrected chi connectivity index (χ4v) is 2.99. The molecule has 0 aliphatic carbocycles. The van der Waals surface area contributed by atoms with Gasteiger partial charge in [0.15, 0.2) is 5.16 Å². The highest BCUT2D eigenvalue weighted by Crippen LogP contribution is 2.24. The van der Waals surface area contributed by atoms with E-state index in [2.05, 4.69) is 55.0 Å². The van der Waals surface area contributed by atoms with Gasteiger partial charge in [0.1, 0.15) is 17.5 Å². The van der Waals surface area contributed by atoms with Gasteiger partial charge in [0.25, 0.3) is 0 Å². The average Bonchev–Trinajstić information content (AvgIpc) is 2.44. The van der Waals surface area contributed by atoms with Crippen LogP contribution < -0.4 is 5.73 Å². The van der Waals surface area contributed by atoms with Crippen LogP contribution in [-0.2, 0) is 12.2 Å². The third-order valence-electron chi connectivity index (χ3n) is 3.16. The molecule has 0 saturated carbocycles. The Bertz CT molecular complexity index is 704. The minimum Gasteiger partial charge on any atom is -0.382 e. The summed E-state index contributed by atoms with van der Waals surface area (Å²) in [4.78, 5) is 8.79. The standard InChI is InChI=1S/C17H20N4S/c1-11(2)7-15-14(9-18)16(19)21-17(20-15)22-10-13-6-4-5-12(3)8-13/h4-6,8,11H,7,10H2,1-3H3,(H2,19,20,21). The summed E-state index contributed by atoms with van der Waals surface area (Å²) in [6, 6.07) is 10.5. The van der Waals surface area contributed by atoms with Gasteiger partial charge in [-0.2, -0.15) is 5.26 Å². The smallest absolute Gasteiger partial charge is 0.190 e. The highest BCUT2D eigenvalue weighted by molar-refractivity contribution is 7.98. The van der Waals surface area contributed by atoms with Gasteiger partial charge in [-0.05, 0) is 24.8 Å². The van der Waals surface area contributed by atoms with E-state index in [9.17, 15) is 5.26 Å². The summed E-state index contributed by atoms with van der Waals surface area (Å²) in [5, 5.41) is 9.86. The zero-order chi connectivity index (χ0) is 16.1. The summed E-state index contributed by atoms with van der Waals surface area (Å²) in [7, 11) is 0. The molecule has 0 fully saturated rings. The third-order valence-corrected chi connectivity index (χ3v) is 4.07. The van der Waals surface area contributed by atoms with Crippen LogP contribution in [-0.4, -0.2) is 9.97 Å². The van der Waals surface area contributed by atoms with E-state index in [0.717, 1.165) is 17.9 Å². The Morgan fingerprint density at radius 1 is 1.32 bits per heavy atom. The van der Waals surface area contributed by atoms with Gasteiger partial charge in [-0.25, -0.2) is 9.97 Å². The maximum atomic E-state index is 9.22. The molecule has 0 spiro atoms. The maximum Gasteiger partial charge on any atom is 0.190 e. The molecule has 0 atom stereocenters. The average molecular weight is 312 g/mol. The van der Waals surface area contributed by atoms with Gasteiger partial charge in [-0.15, -0.1) is 0 Å². The van der Waals surface area contributed by atoms with Gasteiger partial charge >= 0.3 is 0 Å². The molecular formula is C17H20N4S. The summed E-state index contributed by atoms with van der Waals surface area (Å²) in [5.41, 5.74) is 9.53. The summed E-state index contributed by atoms with van der Waals surface area (Å²) in [6.45, 7) is 6.27. The fourth-order valence-electron chi connectivity index (χ4n) is 2.17. The Hall–Kier alpha value is -2.06. The molecule has 1 aromatic carbocycles. The molecule has 1 heterocycles. The van der Waals surface area contributed by atoms with Crippen LogP contribution in [0.2, 0.25) is 0 Å². The van der Waals surface area contributed by atoms with Crippen LogP contribution in [0.1, 0.15) is 36.2 Å². The Morgan fingerprint density at radius 2 is 2.09 bits per heavy atom. The first kappa shape index (κ1) is 16.3. The van der Waals surface area contributed by atoms with E-state index < -0.39 is 0 Å². The second-order valence-corrected chi connectivity index (χ2v) is 6.64. The summed E-state index contributed by atoms with van der Waals surface area (Å²) < 4.78 is 0. The number of hydrogen-bond donors (Lipinski definition) is 1. The zero-order valence-electron chi connectivity index (χ0n) is 13.1. The second kappa shape index (κ2) is 7.28. The molecule has 0 aliphatic heterocycles. The highest BCUT2D eigenvalue weighted by atomic mass is 32.2. The van der Waals surface area contributed by atoms with Crippen LogP contribution in [0.4, 0.5) is 5.82 Å². The second-order valence-electron chi connectivity index (χ2n) is 5.70. The molecule has 0 saturated heterocycles. The molecule has 1 aromatic heterocycles. The predicted octanol–water partition coefficient (Wildman–Crippen LogP) is 3.73. The molecule has 0 bridgehead atoms. The van der Waals surface area contributed by atoms with Crippen molar-refractivity contribution in [2.75, 3.05) is 5.73 Å². The molecule has 5 heteroatoms. The Morgan fingerprint density at radius 3 is 2.73 bits per heavy atom. The predicted molar refractivity (Wildman–Crippen MR) is 90.4 cm³/mol. The van der Waals surface area contributed by atoms with Gasteiger partial charge in [0, 0.05) is 5.75 Å². The normalized spacial score (nSPS) is 10.7. The van der Waals surface area contributed by atoms with E-state index in [4.69, 9.17) is 5.73 Å². The quantitative estimate of drug-likeness (QED) is 0.672. The summed E-state index contributed by atoms with van der Waals surface area (Å²) in [6.07, 6.45) is 0.730. The zero-order valence-corrected chi connectivity index (χ0v) is 13.9. The number of thioether (sulfide) groups is 1. The van der Waals surface area contributed by atoms with Crippen LogP contribution in [0.25, 0.3) is 0 Å². The molecule has 114 valence electrons. The Balaban J connectivity index is 2.21. The molecule has 4 nitrogen and oxygen atoms in total. The SMILES string of the molecule is Cc1cccc(CSc2nc(N)c(C#N)c(CC(C)C)n2)c1. The van der Waals surface area contributed by atoms with E-state index in [1.807, 2.05) is 6.07 Å². The number of rotatable bonds is 5. The first-order valence-corrected chi connectivity index (χ1v) is 8.23. The molecule has 2 N–H and O–H groups in total. The van der Waals surface area contributed by atoms with Crippen LogP contribution in [0, 0.1) is 24.2 Å². The minimum atomic E-state index is 0.278. The molecule has 2 aromatic rings. The topological polar surface area (TPSA) is 75.6 Å². The lowest BCUT2D eigenvalue weighted by Crippen LogP contribution is -2.07. The third kappa shape index (κ3) is 4.22. The van der Waals surface area contributed by atoms with E-state index in [1.54, 1.807) is 11.8 Å². The van der Waals surface area contributed by atoms with Gasteiger partial charge in [-0.3, -0.25) is 0 Å². The monoisotopic (exact) mass is 312 g/mol. The van der Waals surface area contributed by atoms with Crippen molar-refractivity contribution in [1.29, 1.82) is 5.26 Å². The van der Waals surface area contributed by atoms with Gasteiger partial charge in [0.05, 0.1) is 5.69 Å². The van der Waals surface area contributed by atoms with Crippen molar-refractivity contribution in [1.82, 2.24) is 9.97 Å². The minimum absolute atomic E-state index is 0.278. The number of aryl methyl sites for hydroxylation is 1. The van der Waals surface area contributed by atoms with Gasteiger partial charge in [-0.1, -0.05) is 55.4 Å². The van der Waals surface area contributed by atoms with Crippen molar-refractivity contribution >= 4 is 17.6 Å². The number of nitrogens with zero attached hydrogens (tertiary/aromatic N) is 3. The molecule has 0 unspecified atom stereocenters. The Labute approximate surface area is 135 Å². The largest absolute Gasteiger partial charge is 0.382 e. The lowest BCUT2D eigenvalue weighted by molar-refractivity contribution is 0.627. The van der Waals surface area contributed by atoms with Crippen LogP contribution >= 0.6 is 11.8 Å². The van der Waals surface area contributed by atoms with Crippen molar-refractivity contribution in [2.45, 2.75) is 38.1 Å². The van der Waals surface area contributed by atoms with Crippen molar-refractivity contribution in [2.24, 2.45) is 5.92 Å². The van der Waals surface area contributed by atoms with Crippen LogP contribution in [0.15, 0.2) is 29.4 Å². The number of aromatic nitrogens is 2. The molecule has 0 amide bonds. The Kier molecular flexibility index (Phi) is 5.40. The molecular weight excluding hydrogens is 292 g/mol. The van der Waals surface area contributed by atoms with Crippen molar-refractivity contribution in [3.05, 3.63) is 46.6 Å². The molecule has 2 rings (SSSR count). The van der Waals surface area contributed by atoms with Crippen molar-refractivity contribution in [3.63, 3.8) is 0 Å². The van der Waals surface area contributed by atoms with Crippen LogP contribution in [0.3, 0.4) is 0 Å². The fraction of sp³-hybridized carbons (Fsp3) is 0.353. The number of nitriles is 1. The number of hydrogen-bond acceptors (Lipinski definition) is 5. The molecule has 22 heavy (non-hydrogen) atoms. The number of benzene rings is 1. The summed E-state index contributed by atoms with van der Waals surface area (Å²) in [5.74, 6) is 1.48. The lowest BCUT2D eigenvalue weighted by Gasteiger charge is -2.10. The molecule has 0 radical (unpaired) electrons. The lowest BCUT2D eigenvalue weighted by atomic mass is 10.0. The first-order chi connectivity index (χ1) is 10.5. The first-order valence-electron chi connectivity index (χ1n) is 7.24. The molecule has 0 aliphatic rings. The number of anilines is 1. The maximum absolute atomic E-state index is 9.22. The van der Waals surface area contributed by atoms with Gasteiger partial charge in [0.2, 0.25) is 0 Å². The van der Waals surface area contributed by atoms with E-state index >= 15 is 0 Å². The van der Waals surface area contributed by atoms with E-state index in [1.165, 1.54) is 11.1 Å². The highest BCUT2D eigenvalue weighted by Gasteiger charge is 2.14. The van der Waals surface area contributed by atoms with Crippen molar-refractivity contribution < 1.29 is 0 Å². The van der Waals surface area contributed by atoms with E-state index in [0.29, 0.717) is 16.6 Å². The van der Waals surface area contributed by atoms with Gasteiger partial charge < -0.3 is 5.73 Å². The van der Waals surface area contributed by atoms with Crippen molar-refractivity contribution in [3.8, 4) is 6.07 Å². The number of nitrogens with two attached hydrogens (primary N) is 1. The summed E-state index contributed by atoms with van der Waals surface area (Å²) >= 11 is 1.55. The van der Waals surface area contributed by atoms with Crippen LogP contribution in [0.5, 0.6) is 0 Å². The van der Waals surface area contributed by atoms with E-state index in [-0.39, 0.29) is 5.82 Å².